The highest BCUT2D eigenvalue weighted by atomic mass is 32.2. The Labute approximate surface area is 101 Å². The Morgan fingerprint density at radius 3 is 1.12 bits per heavy atom. The van der Waals surface area contributed by atoms with Crippen LogP contribution in [-0.4, -0.2) is 8.42 Å². The van der Waals surface area contributed by atoms with Crippen LogP contribution >= 0.6 is 0 Å². The van der Waals surface area contributed by atoms with Gasteiger partial charge in [0.05, 0.1) is 0 Å². The summed E-state index contributed by atoms with van der Waals surface area (Å²) in [6, 6.07) is 20.8. The van der Waals surface area contributed by atoms with E-state index in [4.69, 9.17) is 0 Å². The van der Waals surface area contributed by atoms with Gasteiger partial charge in [0.25, 0.3) is 10.2 Å². The highest BCUT2D eigenvalue weighted by Gasteiger charge is 1.91. The van der Waals surface area contributed by atoms with Crippen LogP contribution in [-0.2, 0) is 10.2 Å². The molecule has 0 spiro atoms. The summed E-state index contributed by atoms with van der Waals surface area (Å²) < 4.78 is 18.4. The van der Waals surface area contributed by atoms with Gasteiger partial charge in [-0.25, -0.2) is 10.3 Å². The zero-order valence-corrected chi connectivity index (χ0v) is 9.97. The van der Waals surface area contributed by atoms with E-state index in [2.05, 4.69) is 58.8 Å². The van der Waals surface area contributed by atoms with E-state index in [-0.39, 0.29) is 0 Å². The second-order valence-electron chi connectivity index (χ2n) is 3.32. The molecule has 0 saturated heterocycles. The molecular formula is C12H14N2O2S. The quantitative estimate of drug-likeness (QED) is 0.803. The number of hydrogen-bond donors (Lipinski definition) is 2. The predicted molar refractivity (Wildman–Crippen MR) is 69.2 cm³/mol. The first-order valence-corrected chi connectivity index (χ1v) is 6.49. The van der Waals surface area contributed by atoms with Gasteiger partial charge in [0.2, 0.25) is 0 Å². The van der Waals surface area contributed by atoms with Crippen molar-refractivity contribution in [3.05, 3.63) is 60.7 Å². The number of benzene rings is 2. The minimum atomic E-state index is -3.67. The van der Waals surface area contributed by atoms with Gasteiger partial charge in [0, 0.05) is 0 Å². The average Bonchev–Trinajstić information content (AvgIpc) is 2.29. The Morgan fingerprint density at radius 1 is 0.647 bits per heavy atom. The van der Waals surface area contributed by atoms with Crippen LogP contribution in [0.3, 0.4) is 0 Å². The minimum Gasteiger partial charge on any atom is -0.216 e. The maximum Gasteiger partial charge on any atom is 0.271 e. The van der Waals surface area contributed by atoms with Crippen LogP contribution in [0.25, 0.3) is 11.1 Å². The lowest BCUT2D eigenvalue weighted by atomic mass is 10.1. The Hall–Kier alpha value is -1.69. The molecule has 5 heteroatoms. The van der Waals surface area contributed by atoms with Gasteiger partial charge in [-0.05, 0) is 11.1 Å². The molecule has 0 heterocycles. The molecule has 0 atom stereocenters. The summed E-state index contributed by atoms with van der Waals surface area (Å²) in [6.07, 6.45) is 0. The fourth-order valence-electron chi connectivity index (χ4n) is 1.26. The van der Waals surface area contributed by atoms with Crippen LogP contribution in [0.5, 0.6) is 0 Å². The second kappa shape index (κ2) is 6.15. The van der Waals surface area contributed by atoms with Crippen molar-refractivity contribution in [1.29, 1.82) is 0 Å². The van der Waals surface area contributed by atoms with Crippen molar-refractivity contribution in [2.75, 3.05) is 0 Å². The summed E-state index contributed by atoms with van der Waals surface area (Å²) in [5, 5.41) is 8.21. The van der Waals surface area contributed by atoms with Crippen LogP contribution in [0.15, 0.2) is 60.7 Å². The standard InChI is InChI=1S/C12H10.H4N2O2S/c1-3-7-11(8-4-1)12-9-5-2-6-10-12;1-5(2,3)4/h1-10H;(H4,1,2,3,4). The van der Waals surface area contributed by atoms with Gasteiger partial charge in [-0.3, -0.25) is 0 Å². The Balaban J connectivity index is 0.000000249. The SMILES string of the molecule is NS(N)(=O)=O.c1ccc(-c2ccccc2)cc1. The average molecular weight is 250 g/mol. The normalized spacial score (nSPS) is 10.2. The Bertz CT molecular complexity index is 494. The maximum atomic E-state index is 9.19. The number of nitrogens with two attached hydrogens (primary N) is 2. The minimum absolute atomic E-state index is 1.28. The zero-order valence-electron chi connectivity index (χ0n) is 9.15. The van der Waals surface area contributed by atoms with Crippen LogP contribution in [0, 0.1) is 0 Å². The van der Waals surface area contributed by atoms with E-state index in [1.807, 2.05) is 12.1 Å². The highest BCUT2D eigenvalue weighted by Crippen LogP contribution is 2.17. The van der Waals surface area contributed by atoms with Crippen LogP contribution in [0.4, 0.5) is 0 Å². The maximum absolute atomic E-state index is 9.19. The molecule has 0 saturated carbocycles. The van der Waals surface area contributed by atoms with Crippen molar-refractivity contribution in [1.82, 2.24) is 0 Å². The predicted octanol–water partition coefficient (Wildman–Crippen LogP) is 1.50. The molecule has 0 aromatic heterocycles. The summed E-state index contributed by atoms with van der Waals surface area (Å²) >= 11 is 0. The molecule has 4 nitrogen and oxygen atoms in total. The second-order valence-corrected chi connectivity index (χ2v) is 4.50. The third kappa shape index (κ3) is 6.47. The molecule has 90 valence electrons. The highest BCUT2D eigenvalue weighted by molar-refractivity contribution is 7.86. The van der Waals surface area contributed by atoms with E-state index in [1.54, 1.807) is 0 Å². The van der Waals surface area contributed by atoms with E-state index in [1.165, 1.54) is 11.1 Å². The molecule has 2 rings (SSSR count). The van der Waals surface area contributed by atoms with Crippen molar-refractivity contribution in [2.24, 2.45) is 10.3 Å². The molecule has 2 aromatic carbocycles. The lowest BCUT2D eigenvalue weighted by Crippen LogP contribution is -2.21. The zero-order chi connectivity index (χ0) is 12.7. The van der Waals surface area contributed by atoms with E-state index in [0.717, 1.165) is 0 Å². The molecular weight excluding hydrogens is 236 g/mol. The van der Waals surface area contributed by atoms with Gasteiger partial charge in [0.15, 0.2) is 0 Å². The summed E-state index contributed by atoms with van der Waals surface area (Å²) in [5.41, 5.74) is 2.55. The largest absolute Gasteiger partial charge is 0.271 e. The first kappa shape index (κ1) is 13.4. The lowest BCUT2D eigenvalue weighted by Gasteiger charge is -1.98. The molecule has 0 radical (unpaired) electrons. The topological polar surface area (TPSA) is 86.2 Å². The molecule has 4 N–H and O–H groups in total. The first-order chi connectivity index (χ1) is 7.97. The van der Waals surface area contributed by atoms with Crippen LogP contribution in [0.2, 0.25) is 0 Å². The van der Waals surface area contributed by atoms with Gasteiger partial charge < -0.3 is 0 Å². The van der Waals surface area contributed by atoms with E-state index >= 15 is 0 Å². The summed E-state index contributed by atoms with van der Waals surface area (Å²) in [4.78, 5) is 0. The Morgan fingerprint density at radius 2 is 0.882 bits per heavy atom. The van der Waals surface area contributed by atoms with Crippen LogP contribution in [0.1, 0.15) is 0 Å². The molecule has 0 aliphatic rings. The smallest absolute Gasteiger partial charge is 0.216 e. The van der Waals surface area contributed by atoms with Crippen LogP contribution < -0.4 is 10.3 Å². The van der Waals surface area contributed by atoms with Gasteiger partial charge in [0.1, 0.15) is 0 Å². The third-order valence-corrected chi connectivity index (χ3v) is 1.88. The van der Waals surface area contributed by atoms with Gasteiger partial charge in [-0.15, -0.1) is 0 Å². The number of hydrogen-bond acceptors (Lipinski definition) is 2. The van der Waals surface area contributed by atoms with E-state index in [0.29, 0.717) is 0 Å². The first-order valence-electron chi connectivity index (χ1n) is 4.88. The molecule has 0 fully saturated rings. The third-order valence-electron chi connectivity index (χ3n) is 1.88. The molecule has 0 amide bonds. The van der Waals surface area contributed by atoms with Gasteiger partial charge in [-0.2, -0.15) is 8.42 Å². The van der Waals surface area contributed by atoms with Crippen molar-refractivity contribution in [3.63, 3.8) is 0 Å². The molecule has 0 unspecified atom stereocenters. The molecule has 2 aromatic rings. The summed E-state index contributed by atoms with van der Waals surface area (Å²) in [7, 11) is -3.67. The van der Waals surface area contributed by atoms with Crippen molar-refractivity contribution >= 4 is 10.2 Å². The molecule has 0 bridgehead atoms. The fraction of sp³-hybridized carbons (Fsp3) is 0. The summed E-state index contributed by atoms with van der Waals surface area (Å²) in [5.74, 6) is 0. The van der Waals surface area contributed by atoms with Gasteiger partial charge in [-0.1, -0.05) is 60.7 Å². The fourth-order valence-corrected chi connectivity index (χ4v) is 1.26. The Kier molecular flexibility index (Phi) is 4.84. The molecule has 17 heavy (non-hydrogen) atoms. The summed E-state index contributed by atoms with van der Waals surface area (Å²) in [6.45, 7) is 0. The van der Waals surface area contributed by atoms with E-state index < -0.39 is 10.2 Å². The molecule has 0 aliphatic carbocycles. The van der Waals surface area contributed by atoms with Crippen molar-refractivity contribution in [2.45, 2.75) is 0 Å². The van der Waals surface area contributed by atoms with E-state index in [9.17, 15) is 8.42 Å². The lowest BCUT2D eigenvalue weighted by molar-refractivity contribution is 0.599. The van der Waals surface area contributed by atoms with Gasteiger partial charge >= 0.3 is 0 Å². The van der Waals surface area contributed by atoms with Crippen molar-refractivity contribution in [3.8, 4) is 11.1 Å². The monoisotopic (exact) mass is 250 g/mol. The van der Waals surface area contributed by atoms with Crippen molar-refractivity contribution < 1.29 is 8.42 Å². The number of rotatable bonds is 1. The molecule has 0 aliphatic heterocycles.